The molecule has 13 heavy (non-hydrogen) atoms. The fourth-order valence-electron chi connectivity index (χ4n) is 1.82. The number of terminal acetylenes is 1. The van der Waals surface area contributed by atoms with Gasteiger partial charge in [-0.15, -0.1) is 12.3 Å². The Kier molecular flexibility index (Phi) is 4.88. The molecule has 0 aromatic carbocycles. The van der Waals surface area contributed by atoms with Gasteiger partial charge in [-0.3, -0.25) is 0 Å². The first-order valence-electron chi connectivity index (χ1n) is 5.17. The molecule has 1 saturated heterocycles. The Labute approximate surface area is 80.9 Å². The molecule has 74 valence electrons. The number of nitrogens with zero attached hydrogens (tertiary/aromatic N) is 1. The second-order valence-electron chi connectivity index (χ2n) is 3.78. The van der Waals surface area contributed by atoms with Gasteiger partial charge in [0, 0.05) is 13.0 Å². The van der Waals surface area contributed by atoms with Gasteiger partial charge in [0.1, 0.15) is 0 Å². The monoisotopic (exact) mass is 181 g/mol. The molecule has 0 bridgehead atoms. The van der Waals surface area contributed by atoms with Gasteiger partial charge in [-0.05, 0) is 25.9 Å². The molecule has 1 N–H and O–H groups in total. The number of likely N-dealkylation sites (tertiary alicyclic amines) is 1. The Morgan fingerprint density at radius 2 is 1.85 bits per heavy atom. The van der Waals surface area contributed by atoms with Crippen molar-refractivity contribution in [3.63, 3.8) is 0 Å². The zero-order chi connectivity index (χ0) is 9.52. The maximum absolute atomic E-state index is 9.51. The average Bonchev–Trinajstić information content (AvgIpc) is 2.33. The lowest BCUT2D eigenvalue weighted by atomic mass is 10.2. The van der Waals surface area contributed by atoms with Crippen LogP contribution >= 0.6 is 0 Å². The van der Waals surface area contributed by atoms with E-state index in [0.717, 1.165) is 19.6 Å². The molecule has 1 aliphatic rings. The highest BCUT2D eigenvalue weighted by Crippen LogP contribution is 2.10. The summed E-state index contributed by atoms with van der Waals surface area (Å²) in [4.78, 5) is 2.33. The second kappa shape index (κ2) is 6.01. The molecular weight excluding hydrogens is 162 g/mol. The molecule has 2 nitrogen and oxygen atoms in total. The van der Waals surface area contributed by atoms with Gasteiger partial charge in [-0.2, -0.15) is 0 Å². The number of aliphatic hydroxyl groups is 1. The van der Waals surface area contributed by atoms with Crippen molar-refractivity contribution in [1.29, 1.82) is 0 Å². The Bertz CT molecular complexity index is 165. The molecule has 0 aromatic heterocycles. The molecule has 0 aromatic rings. The maximum Gasteiger partial charge on any atom is 0.0776 e. The van der Waals surface area contributed by atoms with Gasteiger partial charge in [0.2, 0.25) is 0 Å². The summed E-state index contributed by atoms with van der Waals surface area (Å²) in [6, 6.07) is 0. The molecular formula is C11H19NO. The molecule has 2 heteroatoms. The predicted octanol–water partition coefficient (Wildman–Crippen LogP) is 1.25. The Morgan fingerprint density at radius 3 is 2.38 bits per heavy atom. The van der Waals surface area contributed by atoms with Crippen molar-refractivity contribution >= 4 is 0 Å². The standard InChI is InChI=1S/C11H19NO/c1-2-7-11(13)10-12-8-5-3-4-6-9-12/h1,11,13H,3-10H2. The highest BCUT2D eigenvalue weighted by atomic mass is 16.3. The Hall–Kier alpha value is -0.520. The quantitative estimate of drug-likeness (QED) is 0.662. The minimum Gasteiger partial charge on any atom is -0.391 e. The summed E-state index contributed by atoms with van der Waals surface area (Å²) < 4.78 is 0. The van der Waals surface area contributed by atoms with Crippen LogP contribution in [0.3, 0.4) is 0 Å². The first kappa shape index (κ1) is 10.6. The third-order valence-corrected chi connectivity index (χ3v) is 2.52. The normalized spacial score (nSPS) is 21.8. The summed E-state index contributed by atoms with van der Waals surface area (Å²) >= 11 is 0. The van der Waals surface area contributed by atoms with E-state index >= 15 is 0 Å². The van der Waals surface area contributed by atoms with Gasteiger partial charge in [0.25, 0.3) is 0 Å². The second-order valence-corrected chi connectivity index (χ2v) is 3.78. The number of hydrogen-bond acceptors (Lipinski definition) is 2. The van der Waals surface area contributed by atoms with E-state index in [1.807, 2.05) is 0 Å². The molecule has 1 aliphatic heterocycles. The predicted molar refractivity (Wildman–Crippen MR) is 54.4 cm³/mol. The lowest BCUT2D eigenvalue weighted by molar-refractivity contribution is 0.118. The van der Waals surface area contributed by atoms with Gasteiger partial charge in [0.15, 0.2) is 0 Å². The Morgan fingerprint density at radius 1 is 1.23 bits per heavy atom. The summed E-state index contributed by atoms with van der Waals surface area (Å²) in [5.41, 5.74) is 0. The summed E-state index contributed by atoms with van der Waals surface area (Å²) in [5.74, 6) is 2.50. The topological polar surface area (TPSA) is 23.5 Å². The highest BCUT2D eigenvalue weighted by Gasteiger charge is 2.12. The molecule has 1 rings (SSSR count). The van der Waals surface area contributed by atoms with Crippen molar-refractivity contribution in [1.82, 2.24) is 4.90 Å². The summed E-state index contributed by atoms with van der Waals surface area (Å²) in [6.07, 6.45) is 10.5. The van der Waals surface area contributed by atoms with E-state index in [4.69, 9.17) is 6.42 Å². The van der Waals surface area contributed by atoms with Gasteiger partial charge in [-0.25, -0.2) is 0 Å². The van der Waals surface area contributed by atoms with E-state index in [0.29, 0.717) is 6.42 Å². The Balaban J connectivity index is 2.22. The van der Waals surface area contributed by atoms with Gasteiger partial charge < -0.3 is 10.0 Å². The summed E-state index contributed by atoms with van der Waals surface area (Å²) in [7, 11) is 0. The fraction of sp³-hybridized carbons (Fsp3) is 0.818. The van der Waals surface area contributed by atoms with Crippen LogP contribution in [0.1, 0.15) is 32.1 Å². The lowest BCUT2D eigenvalue weighted by Crippen LogP contribution is -2.33. The zero-order valence-electron chi connectivity index (χ0n) is 8.21. The summed E-state index contributed by atoms with van der Waals surface area (Å²) in [6.45, 7) is 3.01. The smallest absolute Gasteiger partial charge is 0.0776 e. The highest BCUT2D eigenvalue weighted by molar-refractivity contribution is 4.87. The van der Waals surface area contributed by atoms with E-state index in [9.17, 15) is 5.11 Å². The third-order valence-electron chi connectivity index (χ3n) is 2.52. The molecule has 1 unspecified atom stereocenters. The maximum atomic E-state index is 9.51. The molecule has 0 saturated carbocycles. The number of rotatable bonds is 3. The van der Waals surface area contributed by atoms with Crippen LogP contribution in [0.2, 0.25) is 0 Å². The van der Waals surface area contributed by atoms with Crippen LogP contribution in [0.15, 0.2) is 0 Å². The molecule has 0 aliphatic carbocycles. The van der Waals surface area contributed by atoms with Crippen LogP contribution in [0, 0.1) is 12.3 Å². The molecule has 0 amide bonds. The summed E-state index contributed by atoms with van der Waals surface area (Å²) in [5, 5.41) is 9.51. The van der Waals surface area contributed by atoms with Crippen LogP contribution in [0.5, 0.6) is 0 Å². The largest absolute Gasteiger partial charge is 0.391 e. The number of aliphatic hydroxyl groups excluding tert-OH is 1. The van der Waals surface area contributed by atoms with Gasteiger partial charge in [-0.1, -0.05) is 12.8 Å². The van der Waals surface area contributed by atoms with Crippen molar-refractivity contribution in [2.75, 3.05) is 19.6 Å². The third kappa shape index (κ3) is 4.31. The van der Waals surface area contributed by atoms with E-state index in [1.54, 1.807) is 0 Å². The number of hydrogen-bond donors (Lipinski definition) is 1. The van der Waals surface area contributed by atoms with Crippen LogP contribution in [-0.4, -0.2) is 35.7 Å². The van der Waals surface area contributed by atoms with Crippen molar-refractivity contribution in [2.24, 2.45) is 0 Å². The first-order valence-corrected chi connectivity index (χ1v) is 5.17. The van der Waals surface area contributed by atoms with E-state index < -0.39 is 0 Å². The van der Waals surface area contributed by atoms with Crippen molar-refractivity contribution in [3.8, 4) is 12.3 Å². The van der Waals surface area contributed by atoms with Crippen LogP contribution in [0.25, 0.3) is 0 Å². The van der Waals surface area contributed by atoms with E-state index in [-0.39, 0.29) is 6.10 Å². The fourth-order valence-corrected chi connectivity index (χ4v) is 1.82. The average molecular weight is 181 g/mol. The molecule has 1 heterocycles. The minimum absolute atomic E-state index is 0.330. The van der Waals surface area contributed by atoms with Crippen molar-refractivity contribution in [2.45, 2.75) is 38.2 Å². The van der Waals surface area contributed by atoms with Crippen molar-refractivity contribution in [3.05, 3.63) is 0 Å². The number of β-amino-alcohol motifs (C(OH)–C–C–N with tert-alkyl or cyclic N) is 1. The van der Waals surface area contributed by atoms with Crippen molar-refractivity contribution < 1.29 is 5.11 Å². The lowest BCUT2D eigenvalue weighted by Gasteiger charge is -2.21. The van der Waals surface area contributed by atoms with Crippen LogP contribution in [0.4, 0.5) is 0 Å². The zero-order valence-corrected chi connectivity index (χ0v) is 8.21. The van der Waals surface area contributed by atoms with Crippen LogP contribution in [-0.2, 0) is 0 Å². The van der Waals surface area contributed by atoms with Gasteiger partial charge in [0.05, 0.1) is 6.10 Å². The molecule has 0 spiro atoms. The van der Waals surface area contributed by atoms with Gasteiger partial charge >= 0.3 is 0 Å². The first-order chi connectivity index (χ1) is 6.33. The minimum atomic E-state index is -0.330. The van der Waals surface area contributed by atoms with E-state index in [1.165, 1.54) is 25.7 Å². The van der Waals surface area contributed by atoms with E-state index in [2.05, 4.69) is 10.8 Å². The molecule has 1 fully saturated rings. The molecule has 1 atom stereocenters. The SMILES string of the molecule is C#CCC(O)CN1CCCCCC1. The molecule has 0 radical (unpaired) electrons. The van der Waals surface area contributed by atoms with Crippen LogP contribution < -0.4 is 0 Å².